The topological polar surface area (TPSA) is 82.7 Å². The monoisotopic (exact) mass is 378 g/mol. The third-order valence-corrected chi connectivity index (χ3v) is 4.32. The number of hydrogen-bond donors (Lipinski definition) is 1. The number of nitrogens with zero attached hydrogens (tertiary/aromatic N) is 1. The van der Waals surface area contributed by atoms with Gasteiger partial charge in [-0.05, 0) is 48.6 Å². The van der Waals surface area contributed by atoms with Gasteiger partial charge in [-0.1, -0.05) is 0 Å². The first-order valence-corrected chi connectivity index (χ1v) is 8.57. The number of nitrogens with one attached hydrogen (secondary N) is 1. The molecular weight excluding hydrogens is 360 g/mol. The number of aromatic nitrogens is 2. The molecule has 0 bridgehead atoms. The van der Waals surface area contributed by atoms with Gasteiger partial charge in [0.05, 0.1) is 25.6 Å². The van der Waals surface area contributed by atoms with Crippen LogP contribution in [0.5, 0.6) is 23.0 Å². The van der Waals surface area contributed by atoms with Crippen molar-refractivity contribution in [2.24, 2.45) is 0 Å². The number of carbonyl (C=O) groups is 1. The highest BCUT2D eigenvalue weighted by Gasteiger charge is 2.15. The largest absolute Gasteiger partial charge is 0.497 e. The van der Waals surface area contributed by atoms with Crippen molar-refractivity contribution in [3.05, 3.63) is 59.8 Å². The molecule has 28 heavy (non-hydrogen) atoms. The molecule has 0 atom stereocenters. The average Bonchev–Trinajstić information content (AvgIpc) is 3.40. The second-order valence-electron chi connectivity index (χ2n) is 6.08. The maximum atomic E-state index is 12.5. The molecule has 3 aromatic rings. The molecule has 0 saturated carbocycles. The van der Waals surface area contributed by atoms with Crippen LogP contribution in [0.3, 0.4) is 0 Å². The van der Waals surface area contributed by atoms with Crippen molar-refractivity contribution in [2.75, 3.05) is 21.0 Å². The van der Waals surface area contributed by atoms with Gasteiger partial charge in [-0.3, -0.25) is 9.89 Å². The van der Waals surface area contributed by atoms with E-state index in [0.29, 0.717) is 28.5 Å². The van der Waals surface area contributed by atoms with E-state index in [1.165, 1.54) is 6.08 Å². The molecule has 142 valence electrons. The predicted molar refractivity (Wildman–Crippen MR) is 103 cm³/mol. The van der Waals surface area contributed by atoms with E-state index >= 15 is 0 Å². The molecule has 0 aliphatic carbocycles. The maximum Gasteiger partial charge on any atom is 0.231 e. The summed E-state index contributed by atoms with van der Waals surface area (Å²) in [5.74, 6) is 2.36. The molecule has 0 radical (unpaired) electrons. The SMILES string of the molecule is COc1cc(OC)cc(C(=O)C=Cc2cc(-c3ccc4c(c3)OCO4)n[nH]2)c1. The Morgan fingerprint density at radius 1 is 1.04 bits per heavy atom. The minimum atomic E-state index is -0.170. The molecule has 2 heterocycles. The molecule has 0 amide bonds. The number of rotatable bonds is 6. The second-order valence-corrected chi connectivity index (χ2v) is 6.08. The quantitative estimate of drug-likeness (QED) is 0.520. The fourth-order valence-corrected chi connectivity index (χ4v) is 2.84. The fraction of sp³-hybridized carbons (Fsp3) is 0.143. The van der Waals surface area contributed by atoms with E-state index in [-0.39, 0.29) is 12.6 Å². The van der Waals surface area contributed by atoms with E-state index in [2.05, 4.69) is 10.2 Å². The van der Waals surface area contributed by atoms with Crippen LogP contribution in [0.2, 0.25) is 0 Å². The molecule has 1 aliphatic rings. The zero-order chi connectivity index (χ0) is 19.5. The van der Waals surface area contributed by atoms with E-state index in [1.807, 2.05) is 24.3 Å². The first-order valence-electron chi connectivity index (χ1n) is 8.57. The molecule has 0 spiro atoms. The lowest BCUT2D eigenvalue weighted by Crippen LogP contribution is -1.97. The van der Waals surface area contributed by atoms with Crippen molar-refractivity contribution in [3.63, 3.8) is 0 Å². The van der Waals surface area contributed by atoms with Gasteiger partial charge < -0.3 is 18.9 Å². The summed E-state index contributed by atoms with van der Waals surface area (Å²) in [7, 11) is 3.09. The summed E-state index contributed by atoms with van der Waals surface area (Å²) < 4.78 is 21.1. The normalized spacial score (nSPS) is 12.4. The van der Waals surface area contributed by atoms with Crippen LogP contribution in [0.1, 0.15) is 16.1 Å². The zero-order valence-corrected chi connectivity index (χ0v) is 15.4. The number of carbonyl (C=O) groups excluding carboxylic acids is 1. The van der Waals surface area contributed by atoms with Crippen LogP contribution in [-0.4, -0.2) is 37.0 Å². The Bertz CT molecular complexity index is 1030. The summed E-state index contributed by atoms with van der Waals surface area (Å²) in [6.45, 7) is 0.227. The van der Waals surface area contributed by atoms with Crippen molar-refractivity contribution < 1.29 is 23.7 Å². The molecule has 0 saturated heterocycles. The lowest BCUT2D eigenvalue weighted by Gasteiger charge is -2.06. The van der Waals surface area contributed by atoms with Gasteiger partial charge in [0.2, 0.25) is 6.79 Å². The van der Waals surface area contributed by atoms with Crippen molar-refractivity contribution in [3.8, 4) is 34.3 Å². The fourth-order valence-electron chi connectivity index (χ4n) is 2.84. The van der Waals surface area contributed by atoms with Crippen molar-refractivity contribution >= 4 is 11.9 Å². The summed E-state index contributed by atoms with van der Waals surface area (Å²) in [5.41, 5.74) is 2.82. The molecule has 7 nitrogen and oxygen atoms in total. The number of benzene rings is 2. The number of ether oxygens (including phenoxy) is 4. The van der Waals surface area contributed by atoms with E-state index in [0.717, 1.165) is 17.0 Å². The van der Waals surface area contributed by atoms with E-state index in [9.17, 15) is 4.79 Å². The average molecular weight is 378 g/mol. The van der Waals surface area contributed by atoms with Gasteiger partial charge in [-0.2, -0.15) is 5.10 Å². The first kappa shape index (κ1) is 17.7. The molecular formula is C21H18N2O5. The number of ketones is 1. The van der Waals surface area contributed by atoms with Crippen molar-refractivity contribution in [2.45, 2.75) is 0 Å². The maximum absolute atomic E-state index is 12.5. The first-order chi connectivity index (χ1) is 13.7. The number of aromatic amines is 1. The molecule has 7 heteroatoms. The second kappa shape index (κ2) is 7.48. The van der Waals surface area contributed by atoms with Gasteiger partial charge in [-0.15, -0.1) is 0 Å². The van der Waals surface area contributed by atoms with E-state index in [1.54, 1.807) is 38.5 Å². The summed E-state index contributed by atoms with van der Waals surface area (Å²) >= 11 is 0. The van der Waals surface area contributed by atoms with Crippen LogP contribution in [0.4, 0.5) is 0 Å². The predicted octanol–water partition coefficient (Wildman–Crippen LogP) is 3.72. The van der Waals surface area contributed by atoms with Crippen LogP contribution < -0.4 is 18.9 Å². The van der Waals surface area contributed by atoms with Gasteiger partial charge in [0.25, 0.3) is 0 Å². The number of H-pyrrole nitrogens is 1. The summed E-state index contributed by atoms with van der Waals surface area (Å²) in [5, 5.41) is 7.21. The van der Waals surface area contributed by atoms with Gasteiger partial charge in [0, 0.05) is 17.2 Å². The zero-order valence-electron chi connectivity index (χ0n) is 15.4. The lowest BCUT2D eigenvalue weighted by atomic mass is 10.1. The molecule has 4 rings (SSSR count). The van der Waals surface area contributed by atoms with Crippen LogP contribution in [0.15, 0.2) is 48.5 Å². The van der Waals surface area contributed by atoms with E-state index < -0.39 is 0 Å². The molecule has 2 aromatic carbocycles. The van der Waals surface area contributed by atoms with Crippen molar-refractivity contribution in [1.82, 2.24) is 10.2 Å². The molecule has 0 unspecified atom stereocenters. The molecule has 1 aliphatic heterocycles. The smallest absolute Gasteiger partial charge is 0.231 e. The Morgan fingerprint density at radius 3 is 2.54 bits per heavy atom. The van der Waals surface area contributed by atoms with Gasteiger partial charge >= 0.3 is 0 Å². The molecule has 0 fully saturated rings. The highest BCUT2D eigenvalue weighted by Crippen LogP contribution is 2.35. The number of allylic oxidation sites excluding steroid dienone is 1. The Morgan fingerprint density at radius 2 is 1.79 bits per heavy atom. The van der Waals surface area contributed by atoms with Gasteiger partial charge in [0.1, 0.15) is 11.5 Å². The van der Waals surface area contributed by atoms with Crippen LogP contribution >= 0.6 is 0 Å². The van der Waals surface area contributed by atoms with Crippen LogP contribution in [0.25, 0.3) is 17.3 Å². The Balaban J connectivity index is 1.52. The third-order valence-electron chi connectivity index (χ3n) is 4.32. The van der Waals surface area contributed by atoms with Crippen molar-refractivity contribution in [1.29, 1.82) is 0 Å². The number of methoxy groups -OCH3 is 2. The van der Waals surface area contributed by atoms with Gasteiger partial charge in [0.15, 0.2) is 17.3 Å². The summed E-state index contributed by atoms with van der Waals surface area (Å²) in [6.07, 6.45) is 3.16. The lowest BCUT2D eigenvalue weighted by molar-refractivity contribution is 0.104. The Kier molecular flexibility index (Phi) is 4.72. The minimum Gasteiger partial charge on any atom is -0.497 e. The standard InChI is InChI=1S/C21H18N2O5/c1-25-16-7-14(8-17(11-16)26-2)19(24)5-4-15-10-18(23-22-15)13-3-6-20-21(9-13)28-12-27-20/h3-11H,12H2,1-2H3,(H,22,23). The minimum absolute atomic E-state index is 0.170. The Hall–Kier alpha value is -3.74. The Labute approximate surface area is 161 Å². The highest BCUT2D eigenvalue weighted by molar-refractivity contribution is 6.07. The summed E-state index contributed by atoms with van der Waals surface area (Å²) in [6, 6.07) is 12.5. The third kappa shape index (κ3) is 3.55. The molecule has 1 N–H and O–H groups in total. The van der Waals surface area contributed by atoms with Crippen LogP contribution in [0, 0.1) is 0 Å². The van der Waals surface area contributed by atoms with Gasteiger partial charge in [-0.25, -0.2) is 0 Å². The number of hydrogen-bond acceptors (Lipinski definition) is 6. The molecule has 1 aromatic heterocycles. The van der Waals surface area contributed by atoms with Crippen LogP contribution in [-0.2, 0) is 0 Å². The highest BCUT2D eigenvalue weighted by atomic mass is 16.7. The van der Waals surface area contributed by atoms with E-state index in [4.69, 9.17) is 18.9 Å². The number of fused-ring (bicyclic) bond motifs is 1. The summed E-state index contributed by atoms with van der Waals surface area (Å²) in [4.78, 5) is 12.5.